The van der Waals surface area contributed by atoms with Gasteiger partial charge in [0.05, 0.1) is 16.2 Å². The van der Waals surface area contributed by atoms with Gasteiger partial charge in [0, 0.05) is 29.9 Å². The molecule has 0 spiro atoms. The Hall–Kier alpha value is -1.82. The summed E-state index contributed by atoms with van der Waals surface area (Å²) >= 11 is 12.4. The summed E-state index contributed by atoms with van der Waals surface area (Å²) < 4.78 is 0. The van der Waals surface area contributed by atoms with E-state index in [2.05, 4.69) is 4.98 Å². The minimum atomic E-state index is -0.964. The third-order valence-corrected chi connectivity index (χ3v) is 4.98. The highest BCUT2D eigenvalue weighted by atomic mass is 35.5. The number of nitrogens with two attached hydrogens (primary N) is 1. The first-order valence-corrected chi connectivity index (χ1v) is 8.34. The second-order valence-corrected chi connectivity index (χ2v) is 6.71. The molecule has 2 heterocycles. The van der Waals surface area contributed by atoms with Gasteiger partial charge in [-0.05, 0) is 25.0 Å². The lowest BCUT2D eigenvalue weighted by molar-refractivity contribution is 0.0117. The van der Waals surface area contributed by atoms with E-state index in [1.54, 1.807) is 6.07 Å². The summed E-state index contributed by atoms with van der Waals surface area (Å²) in [6.07, 6.45) is 2.43. The summed E-state index contributed by atoms with van der Waals surface area (Å²) in [5, 5.41) is 11.9. The van der Waals surface area contributed by atoms with Crippen LogP contribution in [-0.2, 0) is 5.60 Å². The zero-order valence-corrected chi connectivity index (χ0v) is 14.4. The average molecular weight is 366 g/mol. The highest BCUT2D eigenvalue weighted by Crippen LogP contribution is 2.38. The van der Waals surface area contributed by atoms with Gasteiger partial charge in [-0.25, -0.2) is 4.98 Å². The second kappa shape index (κ2) is 6.59. The van der Waals surface area contributed by atoms with Crippen LogP contribution in [0.1, 0.15) is 28.8 Å². The molecular weight excluding hydrogens is 349 g/mol. The van der Waals surface area contributed by atoms with E-state index < -0.39 is 11.5 Å². The molecular formula is C17H17Cl2N3O2. The van der Waals surface area contributed by atoms with Gasteiger partial charge < -0.3 is 15.7 Å². The van der Waals surface area contributed by atoms with Crippen LogP contribution >= 0.6 is 23.2 Å². The van der Waals surface area contributed by atoms with Gasteiger partial charge in [-0.1, -0.05) is 41.4 Å². The molecule has 1 aliphatic heterocycles. The fourth-order valence-electron chi connectivity index (χ4n) is 2.99. The van der Waals surface area contributed by atoms with Crippen molar-refractivity contribution in [2.75, 3.05) is 18.0 Å². The summed E-state index contributed by atoms with van der Waals surface area (Å²) in [6, 6.07) is 8.86. The first-order valence-electron chi connectivity index (χ1n) is 7.58. The maximum absolute atomic E-state index is 11.2. The zero-order chi connectivity index (χ0) is 17.3. The minimum Gasteiger partial charge on any atom is -0.385 e. The molecule has 3 N–H and O–H groups in total. The number of rotatable bonds is 3. The molecule has 7 heteroatoms. The Bertz CT molecular complexity index is 774. The number of pyridine rings is 1. The van der Waals surface area contributed by atoms with Crippen molar-refractivity contribution in [2.45, 2.75) is 18.4 Å². The van der Waals surface area contributed by atoms with Gasteiger partial charge in [-0.15, -0.1) is 0 Å². The largest absolute Gasteiger partial charge is 0.385 e. The molecule has 0 atom stereocenters. The van der Waals surface area contributed by atoms with Gasteiger partial charge in [0.2, 0.25) is 5.91 Å². The standard InChI is InChI=1S/C17H17Cl2N3O2/c18-13-4-2-1-3-12(13)17(24)5-7-22(8-6-17)16-14(19)9-11(10-21-16)15(20)23/h1-4,9-10,24H,5-8H2,(H2,20,23). The van der Waals surface area contributed by atoms with E-state index in [-0.39, 0.29) is 5.56 Å². The van der Waals surface area contributed by atoms with E-state index >= 15 is 0 Å². The molecule has 0 saturated carbocycles. The first kappa shape index (κ1) is 17.0. The molecule has 1 amide bonds. The average Bonchev–Trinajstić information content (AvgIpc) is 2.56. The van der Waals surface area contributed by atoms with Crippen molar-refractivity contribution in [3.05, 3.63) is 57.7 Å². The lowest BCUT2D eigenvalue weighted by Gasteiger charge is -2.39. The van der Waals surface area contributed by atoms with E-state index in [1.165, 1.54) is 12.3 Å². The van der Waals surface area contributed by atoms with Crippen molar-refractivity contribution in [3.8, 4) is 0 Å². The lowest BCUT2D eigenvalue weighted by Crippen LogP contribution is -2.43. The van der Waals surface area contributed by atoms with Crippen molar-refractivity contribution >= 4 is 34.9 Å². The first-order chi connectivity index (χ1) is 11.4. The quantitative estimate of drug-likeness (QED) is 0.875. The highest BCUT2D eigenvalue weighted by molar-refractivity contribution is 6.33. The van der Waals surface area contributed by atoms with Gasteiger partial charge in [-0.2, -0.15) is 0 Å². The van der Waals surface area contributed by atoms with E-state index in [0.29, 0.717) is 41.8 Å². The zero-order valence-electron chi connectivity index (χ0n) is 12.9. The van der Waals surface area contributed by atoms with Crippen LogP contribution in [0.2, 0.25) is 10.0 Å². The molecule has 1 aliphatic rings. The fraction of sp³-hybridized carbons (Fsp3) is 0.294. The Labute approximate surface area is 150 Å². The number of halogens is 2. The molecule has 0 aliphatic carbocycles. The minimum absolute atomic E-state index is 0.272. The Balaban J connectivity index is 1.78. The Morgan fingerprint density at radius 3 is 2.46 bits per heavy atom. The normalized spacial score (nSPS) is 16.9. The number of amides is 1. The summed E-state index contributed by atoms with van der Waals surface area (Å²) in [7, 11) is 0. The highest BCUT2D eigenvalue weighted by Gasteiger charge is 2.36. The van der Waals surface area contributed by atoms with Crippen molar-refractivity contribution in [3.63, 3.8) is 0 Å². The van der Waals surface area contributed by atoms with Crippen LogP contribution < -0.4 is 10.6 Å². The van der Waals surface area contributed by atoms with Gasteiger partial charge in [0.1, 0.15) is 5.82 Å². The van der Waals surface area contributed by atoms with E-state index in [4.69, 9.17) is 28.9 Å². The van der Waals surface area contributed by atoms with Crippen molar-refractivity contribution in [1.82, 2.24) is 4.98 Å². The number of anilines is 1. The number of hydrogen-bond acceptors (Lipinski definition) is 4. The van der Waals surface area contributed by atoms with Crippen LogP contribution in [0, 0.1) is 0 Å². The summed E-state index contributed by atoms with van der Waals surface area (Å²) in [6.45, 7) is 1.15. The fourth-order valence-corrected chi connectivity index (χ4v) is 3.59. The monoisotopic (exact) mass is 365 g/mol. The molecule has 1 fully saturated rings. The number of carbonyl (C=O) groups excluding carboxylic acids is 1. The molecule has 1 aromatic heterocycles. The number of piperidine rings is 1. The third-order valence-electron chi connectivity index (χ3n) is 4.37. The lowest BCUT2D eigenvalue weighted by atomic mass is 9.84. The maximum Gasteiger partial charge on any atom is 0.250 e. The molecule has 0 unspecified atom stereocenters. The maximum atomic E-state index is 11.2. The molecule has 5 nitrogen and oxygen atoms in total. The predicted octanol–water partition coefficient (Wildman–Crippen LogP) is 2.98. The summed E-state index contributed by atoms with van der Waals surface area (Å²) in [5.74, 6) is 0.0190. The topological polar surface area (TPSA) is 79.5 Å². The summed E-state index contributed by atoms with van der Waals surface area (Å²) in [5.41, 5.74) is 5.28. The van der Waals surface area contributed by atoms with Gasteiger partial charge in [0.15, 0.2) is 0 Å². The SMILES string of the molecule is NC(=O)c1cnc(N2CCC(O)(c3ccccc3Cl)CC2)c(Cl)c1. The Kier molecular flexibility index (Phi) is 4.67. The number of aliphatic hydroxyl groups is 1. The van der Waals surface area contributed by atoms with Crippen molar-refractivity contribution in [1.29, 1.82) is 0 Å². The molecule has 24 heavy (non-hydrogen) atoms. The smallest absolute Gasteiger partial charge is 0.250 e. The molecule has 1 aromatic carbocycles. The molecule has 0 radical (unpaired) electrons. The molecule has 1 saturated heterocycles. The Morgan fingerprint density at radius 1 is 1.21 bits per heavy atom. The molecule has 3 rings (SSSR count). The van der Waals surface area contributed by atoms with Gasteiger partial charge in [-0.3, -0.25) is 4.79 Å². The number of nitrogens with zero attached hydrogens (tertiary/aromatic N) is 2. The van der Waals surface area contributed by atoms with E-state index in [1.807, 2.05) is 23.1 Å². The molecule has 126 valence electrons. The van der Waals surface area contributed by atoms with Crippen LogP contribution in [0.15, 0.2) is 36.5 Å². The third kappa shape index (κ3) is 3.20. The van der Waals surface area contributed by atoms with Crippen LogP contribution in [0.4, 0.5) is 5.82 Å². The van der Waals surface area contributed by atoms with Gasteiger partial charge >= 0.3 is 0 Å². The van der Waals surface area contributed by atoms with Crippen LogP contribution in [-0.4, -0.2) is 29.1 Å². The predicted molar refractivity (Wildman–Crippen MR) is 94.6 cm³/mol. The number of aromatic nitrogens is 1. The van der Waals surface area contributed by atoms with Crippen LogP contribution in [0.3, 0.4) is 0 Å². The Morgan fingerprint density at radius 2 is 1.88 bits per heavy atom. The number of primary amides is 1. The van der Waals surface area contributed by atoms with E-state index in [0.717, 1.165) is 5.56 Å². The number of benzene rings is 1. The summed E-state index contributed by atoms with van der Waals surface area (Å²) in [4.78, 5) is 17.4. The molecule has 2 aromatic rings. The number of hydrogen-bond donors (Lipinski definition) is 2. The van der Waals surface area contributed by atoms with Crippen molar-refractivity contribution in [2.24, 2.45) is 5.73 Å². The van der Waals surface area contributed by atoms with Crippen molar-refractivity contribution < 1.29 is 9.90 Å². The second-order valence-electron chi connectivity index (χ2n) is 5.89. The van der Waals surface area contributed by atoms with Crippen LogP contribution in [0.5, 0.6) is 0 Å². The molecule has 0 bridgehead atoms. The number of carbonyl (C=O) groups is 1. The van der Waals surface area contributed by atoms with Crippen LogP contribution in [0.25, 0.3) is 0 Å². The van der Waals surface area contributed by atoms with Gasteiger partial charge in [0.25, 0.3) is 0 Å². The van der Waals surface area contributed by atoms with E-state index in [9.17, 15) is 9.90 Å².